The zero-order valence-corrected chi connectivity index (χ0v) is 19.3. The lowest BCUT2D eigenvalue weighted by molar-refractivity contribution is -0.135. The maximum absolute atomic E-state index is 13.1. The van der Waals surface area contributed by atoms with E-state index in [1.165, 1.54) is 19.2 Å². The Morgan fingerprint density at radius 1 is 1.30 bits per heavy atom. The van der Waals surface area contributed by atoms with Crippen LogP contribution >= 0.6 is 22.9 Å². The van der Waals surface area contributed by atoms with Crippen LogP contribution in [0, 0.1) is 5.92 Å². The molecule has 2 heterocycles. The van der Waals surface area contributed by atoms with Gasteiger partial charge in [-0.2, -0.15) is 0 Å². The van der Waals surface area contributed by atoms with Crippen molar-refractivity contribution in [2.75, 3.05) is 18.4 Å². The number of halogens is 1. The molecule has 1 aromatic carbocycles. The molecule has 0 aliphatic carbocycles. The van der Waals surface area contributed by atoms with Crippen molar-refractivity contribution in [1.82, 2.24) is 4.90 Å². The average Bonchev–Trinajstić information content (AvgIpc) is 3.13. The minimum absolute atomic E-state index is 0.0277. The van der Waals surface area contributed by atoms with Crippen LogP contribution in [0.4, 0.5) is 5.69 Å². The maximum atomic E-state index is 13.1. The predicted octanol–water partition coefficient (Wildman–Crippen LogP) is 3.92. The van der Waals surface area contributed by atoms with Crippen LogP contribution in [0.5, 0.6) is 0 Å². The second-order valence-corrected chi connectivity index (χ2v) is 10.5. The standard InChI is InChI=1S/C20H23ClN2O5S2/c1-4-12(2)18(24)23-10-9-15-16(11-23)29-20(17(15)19(25)28-3)30(26,27)22-14-7-5-13(21)6-8-14/h5-8,12,22H,4,9-11H2,1-3H3. The number of methoxy groups -OCH3 is 1. The van der Waals surface area contributed by atoms with E-state index in [1.807, 2.05) is 13.8 Å². The third-order valence-electron chi connectivity index (χ3n) is 5.10. The Balaban J connectivity index is 1.99. The first-order valence-electron chi connectivity index (χ1n) is 9.48. The Labute approximate surface area is 185 Å². The first-order chi connectivity index (χ1) is 14.2. The number of benzene rings is 1. The van der Waals surface area contributed by atoms with Gasteiger partial charge < -0.3 is 9.64 Å². The fraction of sp³-hybridized carbons (Fsp3) is 0.400. The number of carbonyl (C=O) groups is 2. The molecule has 1 aromatic heterocycles. The van der Waals surface area contributed by atoms with Crippen LogP contribution in [-0.2, 0) is 32.5 Å². The minimum atomic E-state index is -4.04. The van der Waals surface area contributed by atoms with E-state index in [9.17, 15) is 18.0 Å². The summed E-state index contributed by atoms with van der Waals surface area (Å²) in [6.07, 6.45) is 1.12. The second kappa shape index (κ2) is 8.95. The number of carbonyl (C=O) groups excluding carboxylic acids is 2. The normalized spacial score (nSPS) is 14.7. The lowest BCUT2D eigenvalue weighted by Crippen LogP contribution is -2.38. The highest BCUT2D eigenvalue weighted by atomic mass is 35.5. The molecule has 0 fully saturated rings. The van der Waals surface area contributed by atoms with Gasteiger partial charge >= 0.3 is 5.97 Å². The van der Waals surface area contributed by atoms with Gasteiger partial charge in [0.2, 0.25) is 5.91 Å². The van der Waals surface area contributed by atoms with Gasteiger partial charge in [0, 0.05) is 28.0 Å². The molecule has 0 bridgehead atoms. The van der Waals surface area contributed by atoms with Gasteiger partial charge in [0.15, 0.2) is 4.21 Å². The number of rotatable bonds is 6. The van der Waals surface area contributed by atoms with E-state index in [0.717, 1.165) is 17.8 Å². The summed E-state index contributed by atoms with van der Waals surface area (Å²) >= 11 is 6.86. The molecule has 0 radical (unpaired) electrons. The van der Waals surface area contributed by atoms with Crippen molar-refractivity contribution in [3.05, 3.63) is 45.3 Å². The third kappa shape index (κ3) is 4.48. The molecule has 1 amide bonds. The smallest absolute Gasteiger partial charge is 0.340 e. The summed E-state index contributed by atoms with van der Waals surface area (Å²) in [5.74, 6) is -0.785. The fourth-order valence-corrected chi connectivity index (χ4v) is 6.36. The number of anilines is 1. The van der Waals surface area contributed by atoms with Gasteiger partial charge in [-0.15, -0.1) is 11.3 Å². The molecule has 1 aliphatic rings. The molecule has 30 heavy (non-hydrogen) atoms. The molecule has 1 N–H and O–H groups in total. The topological polar surface area (TPSA) is 92.8 Å². The Kier molecular flexibility index (Phi) is 6.74. The lowest BCUT2D eigenvalue weighted by Gasteiger charge is -2.29. The molecule has 1 atom stereocenters. The molecular weight excluding hydrogens is 448 g/mol. The monoisotopic (exact) mass is 470 g/mol. The van der Waals surface area contributed by atoms with Gasteiger partial charge in [0.1, 0.15) is 0 Å². The summed E-state index contributed by atoms with van der Waals surface area (Å²) < 4.78 is 33.4. The molecule has 1 aliphatic heterocycles. The third-order valence-corrected chi connectivity index (χ3v) is 8.47. The molecule has 2 aromatic rings. The first kappa shape index (κ1) is 22.6. The van der Waals surface area contributed by atoms with Gasteiger partial charge in [0.25, 0.3) is 10.0 Å². The average molecular weight is 471 g/mol. The van der Waals surface area contributed by atoms with E-state index in [1.54, 1.807) is 17.0 Å². The zero-order valence-electron chi connectivity index (χ0n) is 16.9. The lowest BCUT2D eigenvalue weighted by atomic mass is 10.0. The molecule has 10 heteroatoms. The summed E-state index contributed by atoms with van der Waals surface area (Å²) in [7, 11) is -2.82. The zero-order chi connectivity index (χ0) is 22.1. The molecule has 7 nitrogen and oxygen atoms in total. The number of hydrogen-bond donors (Lipinski definition) is 1. The number of thiophene rings is 1. The van der Waals surface area contributed by atoms with Crippen molar-refractivity contribution in [2.24, 2.45) is 5.92 Å². The number of sulfonamides is 1. The SMILES string of the molecule is CCC(C)C(=O)N1CCc2c(sc(S(=O)(=O)Nc3ccc(Cl)cc3)c2C(=O)OC)C1. The Hall–Kier alpha value is -2.10. The molecular formula is C20H23ClN2O5S2. The number of nitrogens with zero attached hydrogens (tertiary/aromatic N) is 1. The Morgan fingerprint density at radius 3 is 2.57 bits per heavy atom. The summed E-state index contributed by atoms with van der Waals surface area (Å²) in [6, 6.07) is 6.21. The summed E-state index contributed by atoms with van der Waals surface area (Å²) in [5.41, 5.74) is 1.02. The molecule has 3 rings (SSSR count). The first-order valence-corrected chi connectivity index (χ1v) is 12.2. The summed E-state index contributed by atoms with van der Waals surface area (Å²) in [6.45, 7) is 4.54. The number of amides is 1. The van der Waals surface area contributed by atoms with Crippen LogP contribution in [0.25, 0.3) is 0 Å². The van der Waals surface area contributed by atoms with Gasteiger partial charge in [0.05, 0.1) is 19.2 Å². The van der Waals surface area contributed by atoms with Crippen molar-refractivity contribution in [3.63, 3.8) is 0 Å². The van der Waals surface area contributed by atoms with Crippen LogP contribution in [0.1, 0.15) is 41.1 Å². The van der Waals surface area contributed by atoms with Gasteiger partial charge in [-0.3, -0.25) is 9.52 Å². The highest BCUT2D eigenvalue weighted by Crippen LogP contribution is 2.38. The van der Waals surface area contributed by atoms with Crippen LogP contribution in [0.3, 0.4) is 0 Å². The highest BCUT2D eigenvalue weighted by Gasteiger charge is 2.35. The molecule has 0 saturated heterocycles. The molecule has 0 spiro atoms. The van der Waals surface area contributed by atoms with Gasteiger partial charge in [-0.1, -0.05) is 25.4 Å². The Bertz CT molecular complexity index is 1060. The number of fused-ring (bicyclic) bond motifs is 1. The van der Waals surface area contributed by atoms with E-state index >= 15 is 0 Å². The quantitative estimate of drug-likeness (QED) is 0.646. The largest absolute Gasteiger partial charge is 0.465 e. The van der Waals surface area contributed by atoms with E-state index in [4.69, 9.17) is 16.3 Å². The van der Waals surface area contributed by atoms with Crippen molar-refractivity contribution in [3.8, 4) is 0 Å². The van der Waals surface area contributed by atoms with Crippen molar-refractivity contribution >= 4 is 50.5 Å². The Morgan fingerprint density at radius 2 is 1.97 bits per heavy atom. The maximum Gasteiger partial charge on any atom is 0.340 e. The van der Waals surface area contributed by atoms with Gasteiger partial charge in [-0.25, -0.2) is 13.2 Å². The van der Waals surface area contributed by atoms with Crippen molar-refractivity contribution in [1.29, 1.82) is 0 Å². The van der Waals surface area contributed by atoms with Crippen LogP contribution in [0.2, 0.25) is 5.02 Å². The van der Waals surface area contributed by atoms with Crippen LogP contribution in [-0.4, -0.2) is 38.8 Å². The highest BCUT2D eigenvalue weighted by molar-refractivity contribution is 7.94. The van der Waals surface area contributed by atoms with E-state index in [2.05, 4.69) is 4.72 Å². The number of nitrogens with one attached hydrogen (secondary N) is 1. The van der Waals surface area contributed by atoms with E-state index in [0.29, 0.717) is 34.1 Å². The van der Waals surface area contributed by atoms with E-state index in [-0.39, 0.29) is 28.1 Å². The van der Waals surface area contributed by atoms with Crippen LogP contribution in [0.15, 0.2) is 28.5 Å². The summed E-state index contributed by atoms with van der Waals surface area (Å²) in [5, 5.41) is 0.478. The second-order valence-electron chi connectivity index (χ2n) is 7.09. The number of hydrogen-bond acceptors (Lipinski definition) is 6. The number of esters is 1. The van der Waals surface area contributed by atoms with Crippen LogP contribution < -0.4 is 4.72 Å². The van der Waals surface area contributed by atoms with Gasteiger partial charge in [-0.05, 0) is 42.7 Å². The van der Waals surface area contributed by atoms with Crippen molar-refractivity contribution in [2.45, 2.75) is 37.4 Å². The molecule has 162 valence electrons. The summed E-state index contributed by atoms with van der Waals surface area (Å²) in [4.78, 5) is 27.5. The predicted molar refractivity (Wildman–Crippen MR) is 116 cm³/mol. The van der Waals surface area contributed by atoms with Crippen molar-refractivity contribution < 1.29 is 22.7 Å². The molecule has 1 unspecified atom stereocenters. The fourth-order valence-electron chi connectivity index (χ4n) is 3.27. The molecule has 0 saturated carbocycles. The van der Waals surface area contributed by atoms with E-state index < -0.39 is 16.0 Å². The minimum Gasteiger partial charge on any atom is -0.465 e. The number of ether oxygens (including phenoxy) is 1.